The molecule has 18 heavy (non-hydrogen) atoms. The van der Waals surface area contributed by atoms with Gasteiger partial charge in [-0.15, -0.1) is 11.3 Å². The predicted molar refractivity (Wildman–Crippen MR) is 66.2 cm³/mol. The van der Waals surface area contributed by atoms with Crippen LogP contribution in [0.1, 0.15) is 9.67 Å². The molecule has 0 aromatic carbocycles. The molecule has 1 aliphatic heterocycles. The smallest absolute Gasteiger partial charge is 0.291 e. The van der Waals surface area contributed by atoms with Gasteiger partial charge in [-0.3, -0.25) is 19.3 Å². The first-order valence-corrected chi connectivity index (χ1v) is 6.50. The Balaban J connectivity index is 2.18. The van der Waals surface area contributed by atoms with Gasteiger partial charge in [-0.25, -0.2) is 9.69 Å². The average Bonchev–Trinajstić information content (AvgIpc) is 2.84. The minimum absolute atomic E-state index is 0.387. The minimum Gasteiger partial charge on any atom is -0.291 e. The molecule has 0 spiro atoms. The molecule has 1 aromatic rings. The van der Waals surface area contributed by atoms with Gasteiger partial charge >= 0.3 is 17.8 Å². The molecule has 1 saturated heterocycles. The van der Waals surface area contributed by atoms with Crippen LogP contribution in [0.25, 0.3) is 0 Å². The average molecular weight is 331 g/mol. The number of amides is 4. The van der Waals surface area contributed by atoms with Crippen molar-refractivity contribution in [3.8, 4) is 0 Å². The third-order valence-corrected chi connectivity index (χ3v) is 4.30. The SMILES string of the molecule is CN1C(=O)C(=O)N(CC(=O)c2sccc2Br)C1=O. The molecule has 1 aromatic heterocycles. The number of imide groups is 2. The molecule has 0 unspecified atom stereocenters. The van der Waals surface area contributed by atoms with Gasteiger partial charge in [0.2, 0.25) is 0 Å². The van der Waals surface area contributed by atoms with Crippen molar-refractivity contribution in [2.75, 3.05) is 13.6 Å². The summed E-state index contributed by atoms with van der Waals surface area (Å²) in [6.45, 7) is -0.424. The van der Waals surface area contributed by atoms with Gasteiger partial charge in [0.25, 0.3) is 0 Å². The number of halogens is 1. The van der Waals surface area contributed by atoms with Crippen molar-refractivity contribution in [2.45, 2.75) is 0 Å². The lowest BCUT2D eigenvalue weighted by molar-refractivity contribution is -0.142. The van der Waals surface area contributed by atoms with Crippen LogP contribution in [0.4, 0.5) is 4.79 Å². The molecule has 0 bridgehead atoms. The summed E-state index contributed by atoms with van der Waals surface area (Å²) in [5, 5.41) is 1.71. The first-order chi connectivity index (χ1) is 8.43. The molecular formula is C10H7BrN2O4S. The highest BCUT2D eigenvalue weighted by atomic mass is 79.9. The Morgan fingerprint density at radius 1 is 1.33 bits per heavy atom. The number of Topliss-reactive ketones (excluding diaryl/α,β-unsaturated/α-hetero) is 1. The number of urea groups is 1. The number of ketones is 1. The van der Waals surface area contributed by atoms with Gasteiger partial charge in [-0.1, -0.05) is 0 Å². The van der Waals surface area contributed by atoms with Gasteiger partial charge in [-0.05, 0) is 27.4 Å². The van der Waals surface area contributed by atoms with E-state index in [-0.39, 0.29) is 5.78 Å². The van der Waals surface area contributed by atoms with Crippen molar-refractivity contribution in [3.63, 3.8) is 0 Å². The van der Waals surface area contributed by atoms with E-state index in [2.05, 4.69) is 15.9 Å². The zero-order valence-electron chi connectivity index (χ0n) is 9.18. The Morgan fingerprint density at radius 3 is 2.44 bits per heavy atom. The van der Waals surface area contributed by atoms with E-state index < -0.39 is 24.4 Å². The summed E-state index contributed by atoms with van der Waals surface area (Å²) in [4.78, 5) is 47.9. The number of rotatable bonds is 3. The molecular weight excluding hydrogens is 324 g/mol. The first-order valence-electron chi connectivity index (χ1n) is 4.83. The van der Waals surface area contributed by atoms with Crippen molar-refractivity contribution >= 4 is 50.9 Å². The van der Waals surface area contributed by atoms with Crippen molar-refractivity contribution in [3.05, 3.63) is 20.8 Å². The van der Waals surface area contributed by atoms with E-state index in [1.807, 2.05) is 0 Å². The van der Waals surface area contributed by atoms with Gasteiger partial charge in [0.05, 0.1) is 11.4 Å². The van der Waals surface area contributed by atoms with E-state index in [4.69, 9.17) is 0 Å². The Kier molecular flexibility index (Phi) is 3.31. The van der Waals surface area contributed by atoms with E-state index in [1.54, 1.807) is 11.4 Å². The summed E-state index contributed by atoms with van der Waals surface area (Å²) < 4.78 is 0.608. The van der Waals surface area contributed by atoms with Crippen LogP contribution in [0, 0.1) is 0 Å². The van der Waals surface area contributed by atoms with Gasteiger partial charge in [0.1, 0.15) is 0 Å². The molecule has 0 N–H and O–H groups in total. The summed E-state index contributed by atoms with van der Waals surface area (Å²) >= 11 is 4.39. The molecule has 2 rings (SSSR count). The third-order valence-electron chi connectivity index (χ3n) is 2.42. The number of nitrogens with zero attached hydrogens (tertiary/aromatic N) is 2. The molecule has 94 valence electrons. The lowest BCUT2D eigenvalue weighted by Gasteiger charge is -2.11. The third kappa shape index (κ3) is 1.97. The Morgan fingerprint density at radius 2 is 2.00 bits per heavy atom. The van der Waals surface area contributed by atoms with Crippen molar-refractivity contribution in [1.29, 1.82) is 0 Å². The quantitative estimate of drug-likeness (QED) is 0.472. The second-order valence-corrected chi connectivity index (χ2v) is 5.33. The number of likely N-dealkylation sites (N-methyl/N-ethyl adjacent to an activating group) is 1. The van der Waals surface area contributed by atoms with Gasteiger partial charge in [0, 0.05) is 11.5 Å². The maximum Gasteiger partial charge on any atom is 0.334 e. The first kappa shape index (κ1) is 12.9. The van der Waals surface area contributed by atoms with E-state index >= 15 is 0 Å². The van der Waals surface area contributed by atoms with E-state index in [1.165, 1.54) is 18.4 Å². The van der Waals surface area contributed by atoms with Crippen LogP contribution in [-0.2, 0) is 9.59 Å². The highest BCUT2D eigenvalue weighted by Crippen LogP contribution is 2.24. The Labute approximate surface area is 114 Å². The van der Waals surface area contributed by atoms with Crippen molar-refractivity contribution in [2.24, 2.45) is 0 Å². The lowest BCUT2D eigenvalue weighted by Crippen LogP contribution is -2.36. The predicted octanol–water partition coefficient (Wildman–Crippen LogP) is 1.11. The summed E-state index contributed by atoms with van der Waals surface area (Å²) in [6, 6.07) is 0.925. The topological polar surface area (TPSA) is 74.8 Å². The van der Waals surface area contributed by atoms with Gasteiger partial charge in [-0.2, -0.15) is 0 Å². The fraction of sp³-hybridized carbons (Fsp3) is 0.200. The second kappa shape index (κ2) is 4.62. The van der Waals surface area contributed by atoms with Crippen molar-refractivity contribution in [1.82, 2.24) is 9.80 Å². The standard InChI is InChI=1S/C10H7BrN2O4S/c1-12-8(15)9(16)13(10(12)17)4-6(14)7-5(11)2-3-18-7/h2-3H,4H2,1H3. The maximum absolute atomic E-state index is 11.9. The fourth-order valence-electron chi connectivity index (χ4n) is 1.46. The summed E-state index contributed by atoms with van der Waals surface area (Å²) in [6.07, 6.45) is 0. The number of hydrogen-bond donors (Lipinski definition) is 0. The molecule has 0 atom stereocenters. The zero-order chi connectivity index (χ0) is 13.4. The normalized spacial score (nSPS) is 15.8. The molecule has 2 heterocycles. The van der Waals surface area contributed by atoms with Crippen LogP contribution in [0.15, 0.2) is 15.9 Å². The van der Waals surface area contributed by atoms with Gasteiger partial charge < -0.3 is 0 Å². The van der Waals surface area contributed by atoms with Crippen LogP contribution in [0.5, 0.6) is 0 Å². The highest BCUT2D eigenvalue weighted by Gasteiger charge is 2.43. The van der Waals surface area contributed by atoms with E-state index in [9.17, 15) is 19.2 Å². The second-order valence-electron chi connectivity index (χ2n) is 3.56. The van der Waals surface area contributed by atoms with Gasteiger partial charge in [0.15, 0.2) is 5.78 Å². The molecule has 8 heteroatoms. The van der Waals surface area contributed by atoms with Crippen LogP contribution in [0.2, 0.25) is 0 Å². The number of carbonyl (C=O) groups excluding carboxylic acids is 4. The molecule has 0 saturated carbocycles. The van der Waals surface area contributed by atoms with Crippen LogP contribution >= 0.6 is 27.3 Å². The summed E-state index contributed by atoms with van der Waals surface area (Å²) in [7, 11) is 1.20. The molecule has 1 aliphatic rings. The van der Waals surface area contributed by atoms with E-state index in [0.29, 0.717) is 19.1 Å². The largest absolute Gasteiger partial charge is 0.334 e. The maximum atomic E-state index is 11.9. The summed E-state index contributed by atoms with van der Waals surface area (Å²) in [5.74, 6) is -2.27. The molecule has 1 fully saturated rings. The molecule has 0 radical (unpaired) electrons. The number of thiophene rings is 1. The van der Waals surface area contributed by atoms with Crippen LogP contribution in [0.3, 0.4) is 0 Å². The zero-order valence-corrected chi connectivity index (χ0v) is 11.6. The minimum atomic E-state index is -0.969. The lowest BCUT2D eigenvalue weighted by atomic mass is 10.3. The summed E-state index contributed by atoms with van der Waals surface area (Å²) in [5.41, 5.74) is 0. The van der Waals surface area contributed by atoms with Crippen LogP contribution in [-0.4, -0.2) is 47.0 Å². The van der Waals surface area contributed by atoms with Crippen molar-refractivity contribution < 1.29 is 19.2 Å². The number of hydrogen-bond acceptors (Lipinski definition) is 5. The molecule has 6 nitrogen and oxygen atoms in total. The Bertz CT molecular complexity index is 568. The van der Waals surface area contributed by atoms with E-state index in [0.717, 1.165) is 0 Å². The van der Waals surface area contributed by atoms with Crippen LogP contribution < -0.4 is 0 Å². The Hall–Kier alpha value is -1.54. The monoisotopic (exact) mass is 330 g/mol. The molecule has 0 aliphatic carbocycles. The fourth-order valence-corrected chi connectivity index (χ4v) is 2.99. The highest BCUT2D eigenvalue weighted by molar-refractivity contribution is 9.10. The number of carbonyl (C=O) groups is 4. The molecule has 4 amide bonds.